The van der Waals surface area contributed by atoms with Gasteiger partial charge in [0.05, 0.1) is 38.2 Å². The molecule has 8 nitrogen and oxygen atoms in total. The average molecular weight is 388 g/mol. The van der Waals surface area contributed by atoms with Crippen LogP contribution in [-0.2, 0) is 31.9 Å². The molecule has 0 saturated heterocycles. The molecule has 0 aliphatic carbocycles. The van der Waals surface area contributed by atoms with Crippen molar-refractivity contribution >= 4 is 23.9 Å². The van der Waals surface area contributed by atoms with Crippen LogP contribution in [0.4, 0.5) is 0 Å². The van der Waals surface area contributed by atoms with Crippen LogP contribution in [0.3, 0.4) is 0 Å². The predicted molar refractivity (Wildman–Crippen MR) is 98.2 cm³/mol. The van der Waals surface area contributed by atoms with Crippen LogP contribution in [-0.4, -0.2) is 48.3 Å². The smallest absolute Gasteiger partial charge is 0.337 e. The van der Waals surface area contributed by atoms with Crippen LogP contribution in [0.25, 0.3) is 0 Å². The number of carboxylic acids is 2. The maximum atomic E-state index is 11.1. The summed E-state index contributed by atoms with van der Waals surface area (Å²) in [6.07, 6.45) is 0.123. The Morgan fingerprint density at radius 3 is 1.57 bits per heavy atom. The van der Waals surface area contributed by atoms with Gasteiger partial charge in [-0.25, -0.2) is 9.59 Å². The number of carbonyl (C=O) groups is 4. The molecule has 0 aliphatic rings. The quantitative estimate of drug-likeness (QED) is 0.721. The van der Waals surface area contributed by atoms with Crippen molar-refractivity contribution in [3.8, 4) is 0 Å². The number of esters is 2. The van der Waals surface area contributed by atoms with Gasteiger partial charge in [-0.3, -0.25) is 9.59 Å². The van der Waals surface area contributed by atoms with Crippen molar-refractivity contribution < 1.29 is 38.9 Å². The van der Waals surface area contributed by atoms with E-state index >= 15 is 0 Å². The SMILES string of the molecule is COC(=O)Cc1ccc(C(=O)OC)cc1.O=C(O)Cc1ccc(C(=O)O)cc1. The lowest BCUT2D eigenvalue weighted by Gasteiger charge is -2.01. The van der Waals surface area contributed by atoms with E-state index in [-0.39, 0.29) is 30.3 Å². The Balaban J connectivity index is 0.000000283. The van der Waals surface area contributed by atoms with Gasteiger partial charge in [-0.05, 0) is 35.4 Å². The molecule has 148 valence electrons. The minimum Gasteiger partial charge on any atom is -0.481 e. The Kier molecular flexibility index (Phi) is 8.88. The highest BCUT2D eigenvalue weighted by molar-refractivity contribution is 5.89. The van der Waals surface area contributed by atoms with Gasteiger partial charge in [0.1, 0.15) is 0 Å². The van der Waals surface area contributed by atoms with Crippen LogP contribution in [0.15, 0.2) is 48.5 Å². The van der Waals surface area contributed by atoms with Gasteiger partial charge in [0, 0.05) is 0 Å². The zero-order valence-corrected chi connectivity index (χ0v) is 15.4. The maximum absolute atomic E-state index is 11.1. The number of hydrogen-bond acceptors (Lipinski definition) is 6. The number of carbonyl (C=O) groups excluding carboxylic acids is 2. The Morgan fingerprint density at radius 1 is 0.714 bits per heavy atom. The second kappa shape index (κ2) is 11.1. The first kappa shape index (κ1) is 22.4. The number of ether oxygens (including phenoxy) is 2. The van der Waals surface area contributed by atoms with E-state index in [9.17, 15) is 19.2 Å². The van der Waals surface area contributed by atoms with Crippen LogP contribution in [0.5, 0.6) is 0 Å². The monoisotopic (exact) mass is 388 g/mol. The lowest BCUT2D eigenvalue weighted by atomic mass is 10.1. The highest BCUT2D eigenvalue weighted by Gasteiger charge is 2.06. The largest absolute Gasteiger partial charge is 0.481 e. The van der Waals surface area contributed by atoms with Crippen LogP contribution in [0, 0.1) is 0 Å². The zero-order valence-electron chi connectivity index (χ0n) is 15.4. The molecule has 2 aromatic carbocycles. The molecule has 0 heterocycles. The van der Waals surface area contributed by atoms with E-state index in [2.05, 4.69) is 9.47 Å². The van der Waals surface area contributed by atoms with Gasteiger partial charge in [0.15, 0.2) is 0 Å². The second-order valence-electron chi connectivity index (χ2n) is 5.51. The summed E-state index contributed by atoms with van der Waals surface area (Å²) in [5.41, 5.74) is 2.02. The van der Waals surface area contributed by atoms with Gasteiger partial charge in [0.25, 0.3) is 0 Å². The summed E-state index contributed by atoms with van der Waals surface area (Å²) >= 11 is 0. The third-order valence-corrected chi connectivity index (χ3v) is 3.51. The van der Waals surface area contributed by atoms with Gasteiger partial charge < -0.3 is 19.7 Å². The number of hydrogen-bond donors (Lipinski definition) is 2. The molecule has 0 saturated carbocycles. The van der Waals surface area contributed by atoms with E-state index in [1.54, 1.807) is 24.3 Å². The Bertz CT molecular complexity index is 822. The van der Waals surface area contributed by atoms with Gasteiger partial charge in [0.2, 0.25) is 0 Å². The molecular weight excluding hydrogens is 368 g/mol. The second-order valence-corrected chi connectivity index (χ2v) is 5.51. The Hall–Kier alpha value is -3.68. The molecule has 2 aromatic rings. The number of methoxy groups -OCH3 is 2. The molecule has 0 unspecified atom stereocenters. The van der Waals surface area contributed by atoms with E-state index in [1.807, 2.05) is 0 Å². The molecule has 2 N–H and O–H groups in total. The molecule has 0 aromatic heterocycles. The molecule has 8 heteroatoms. The molecule has 0 aliphatic heterocycles. The topological polar surface area (TPSA) is 127 Å². The van der Waals surface area contributed by atoms with Gasteiger partial charge in [-0.1, -0.05) is 24.3 Å². The summed E-state index contributed by atoms with van der Waals surface area (Å²) < 4.78 is 9.07. The maximum Gasteiger partial charge on any atom is 0.337 e. The normalized spacial score (nSPS) is 9.50. The van der Waals surface area contributed by atoms with Gasteiger partial charge in [-0.15, -0.1) is 0 Å². The zero-order chi connectivity index (χ0) is 21.1. The summed E-state index contributed by atoms with van der Waals surface area (Å²) in [6, 6.07) is 12.4. The molecule has 0 bridgehead atoms. The fourth-order valence-electron chi connectivity index (χ4n) is 2.06. The third kappa shape index (κ3) is 7.69. The van der Waals surface area contributed by atoms with E-state index in [0.717, 1.165) is 5.56 Å². The fourth-order valence-corrected chi connectivity index (χ4v) is 2.06. The molecule has 0 radical (unpaired) electrons. The van der Waals surface area contributed by atoms with E-state index < -0.39 is 11.9 Å². The van der Waals surface area contributed by atoms with Crippen molar-refractivity contribution in [1.29, 1.82) is 0 Å². The summed E-state index contributed by atoms with van der Waals surface area (Å²) in [5.74, 6) is -2.63. The molecule has 2 rings (SSSR count). The molecule has 0 spiro atoms. The van der Waals surface area contributed by atoms with Crippen LogP contribution < -0.4 is 0 Å². The van der Waals surface area contributed by atoms with Crippen molar-refractivity contribution in [1.82, 2.24) is 0 Å². The first-order valence-electron chi connectivity index (χ1n) is 8.05. The van der Waals surface area contributed by atoms with Gasteiger partial charge >= 0.3 is 23.9 Å². The van der Waals surface area contributed by atoms with Crippen molar-refractivity contribution in [3.63, 3.8) is 0 Å². The van der Waals surface area contributed by atoms with E-state index in [4.69, 9.17) is 10.2 Å². The fraction of sp³-hybridized carbons (Fsp3) is 0.200. The Morgan fingerprint density at radius 2 is 1.18 bits per heavy atom. The number of rotatable bonds is 6. The van der Waals surface area contributed by atoms with Crippen molar-refractivity contribution in [2.75, 3.05) is 14.2 Å². The molecule has 28 heavy (non-hydrogen) atoms. The summed E-state index contributed by atoms with van der Waals surface area (Å²) in [6.45, 7) is 0. The molecule has 0 fully saturated rings. The minimum atomic E-state index is -1.01. The van der Waals surface area contributed by atoms with Crippen LogP contribution >= 0.6 is 0 Å². The summed E-state index contributed by atoms with van der Waals surface area (Å²) in [7, 11) is 2.66. The number of aliphatic carboxylic acids is 1. The standard InChI is InChI=1S/C11H12O4.C9H8O4/c1-14-10(12)7-8-3-5-9(6-4-8)11(13)15-2;10-8(11)5-6-1-3-7(4-2-6)9(12)13/h3-6H,7H2,1-2H3;1-4H,5H2,(H,10,11)(H,12,13). The molecular formula is C20H20O8. The van der Waals surface area contributed by atoms with Crippen molar-refractivity contribution in [2.45, 2.75) is 12.8 Å². The van der Waals surface area contributed by atoms with Crippen molar-refractivity contribution in [2.24, 2.45) is 0 Å². The summed E-state index contributed by atoms with van der Waals surface area (Å²) in [4.78, 5) is 42.7. The van der Waals surface area contributed by atoms with Gasteiger partial charge in [-0.2, -0.15) is 0 Å². The van der Waals surface area contributed by atoms with Crippen LogP contribution in [0.1, 0.15) is 31.8 Å². The number of benzene rings is 2. The third-order valence-electron chi connectivity index (χ3n) is 3.51. The lowest BCUT2D eigenvalue weighted by Crippen LogP contribution is -2.05. The average Bonchev–Trinajstić information content (AvgIpc) is 2.68. The molecule has 0 atom stereocenters. The van der Waals surface area contributed by atoms with E-state index in [0.29, 0.717) is 11.1 Å². The number of aromatic carboxylic acids is 1. The summed E-state index contributed by atoms with van der Waals surface area (Å²) in [5, 5.41) is 17.0. The first-order chi connectivity index (χ1) is 13.3. The lowest BCUT2D eigenvalue weighted by molar-refractivity contribution is -0.140. The minimum absolute atomic E-state index is 0.0834. The first-order valence-corrected chi connectivity index (χ1v) is 8.05. The van der Waals surface area contributed by atoms with Crippen molar-refractivity contribution in [3.05, 3.63) is 70.8 Å². The van der Waals surface area contributed by atoms with E-state index in [1.165, 1.54) is 38.5 Å². The van der Waals surface area contributed by atoms with Crippen LogP contribution in [0.2, 0.25) is 0 Å². The predicted octanol–water partition coefficient (Wildman–Crippen LogP) is 2.20. The Labute approximate surface area is 161 Å². The number of carboxylic acid groups (broad SMARTS) is 2. The highest BCUT2D eigenvalue weighted by atomic mass is 16.5. The highest BCUT2D eigenvalue weighted by Crippen LogP contribution is 2.07. The molecule has 0 amide bonds.